The van der Waals surface area contributed by atoms with Crippen molar-refractivity contribution in [3.63, 3.8) is 0 Å². The molecule has 0 aliphatic carbocycles. The lowest BCUT2D eigenvalue weighted by atomic mass is 10.1. The summed E-state index contributed by atoms with van der Waals surface area (Å²) in [6.07, 6.45) is 0. The first kappa shape index (κ1) is 10.6. The second-order valence-corrected chi connectivity index (χ2v) is 3.73. The quantitative estimate of drug-likeness (QED) is 0.586. The summed E-state index contributed by atoms with van der Waals surface area (Å²) in [4.78, 5) is 0. The maximum atomic E-state index is 5.69. The van der Waals surface area contributed by atoms with E-state index in [0.717, 1.165) is 5.56 Å². The third-order valence-electron chi connectivity index (χ3n) is 2.42. The summed E-state index contributed by atoms with van der Waals surface area (Å²) in [6, 6.07) is 9.90. The lowest BCUT2D eigenvalue weighted by Crippen LogP contribution is -2.43. The fraction of sp³-hybridized carbons (Fsp3) is 0.455. The van der Waals surface area contributed by atoms with Gasteiger partial charge in [0.1, 0.15) is 0 Å². The fourth-order valence-corrected chi connectivity index (χ4v) is 1.82. The average molecular weight is 208 g/mol. The van der Waals surface area contributed by atoms with Gasteiger partial charge in [-0.05, 0) is 0 Å². The van der Waals surface area contributed by atoms with E-state index in [1.165, 1.54) is 0 Å². The van der Waals surface area contributed by atoms with Crippen LogP contribution in [-0.4, -0.2) is 31.8 Å². The summed E-state index contributed by atoms with van der Waals surface area (Å²) >= 11 is 0. The van der Waals surface area contributed by atoms with E-state index in [-0.39, 0.29) is 0 Å². The van der Waals surface area contributed by atoms with Crippen molar-refractivity contribution in [2.45, 2.75) is 5.79 Å². The number of ether oxygens (including phenoxy) is 2. The first-order chi connectivity index (χ1) is 7.23. The van der Waals surface area contributed by atoms with Gasteiger partial charge in [-0.2, -0.15) is 0 Å². The molecular weight excluding hydrogens is 192 g/mol. The summed E-state index contributed by atoms with van der Waals surface area (Å²) in [5, 5.41) is 1.58. The summed E-state index contributed by atoms with van der Waals surface area (Å²) in [6.45, 7) is 1.75. The molecule has 1 aliphatic rings. The fourth-order valence-electron chi connectivity index (χ4n) is 1.82. The van der Waals surface area contributed by atoms with Crippen LogP contribution in [0.2, 0.25) is 0 Å². The Morgan fingerprint density at radius 3 is 2.40 bits per heavy atom. The molecule has 4 nitrogen and oxygen atoms in total. The van der Waals surface area contributed by atoms with Crippen molar-refractivity contribution in [2.75, 3.05) is 26.8 Å². The number of benzene rings is 1. The van der Waals surface area contributed by atoms with E-state index < -0.39 is 5.79 Å². The monoisotopic (exact) mass is 208 g/mol. The SMILES string of the molecule is CN(N)CC1(c2ccccc2)OCCO1. The molecule has 0 aromatic heterocycles. The lowest BCUT2D eigenvalue weighted by Gasteiger charge is -2.30. The molecule has 0 atom stereocenters. The van der Waals surface area contributed by atoms with Crippen LogP contribution in [0.25, 0.3) is 0 Å². The number of rotatable bonds is 3. The van der Waals surface area contributed by atoms with Gasteiger partial charge >= 0.3 is 0 Å². The highest BCUT2D eigenvalue weighted by atomic mass is 16.7. The molecule has 1 aromatic rings. The van der Waals surface area contributed by atoms with Crippen LogP contribution in [0.1, 0.15) is 5.56 Å². The standard InChI is InChI=1S/C11H16N2O2/c1-13(12)9-11(14-7-8-15-11)10-5-3-2-4-6-10/h2-6H,7-9,12H2,1H3. The average Bonchev–Trinajstić information content (AvgIpc) is 2.68. The molecular formula is C11H16N2O2. The predicted molar refractivity (Wildman–Crippen MR) is 56.8 cm³/mol. The Bertz CT molecular complexity index is 308. The Labute approximate surface area is 89.5 Å². The Morgan fingerprint density at radius 2 is 1.87 bits per heavy atom. The third kappa shape index (κ3) is 2.18. The minimum atomic E-state index is -0.690. The van der Waals surface area contributed by atoms with Gasteiger partial charge in [0.25, 0.3) is 0 Å². The van der Waals surface area contributed by atoms with Crippen LogP contribution >= 0.6 is 0 Å². The molecule has 0 bridgehead atoms. The Morgan fingerprint density at radius 1 is 1.27 bits per heavy atom. The summed E-state index contributed by atoms with van der Waals surface area (Å²) in [7, 11) is 1.80. The summed E-state index contributed by atoms with van der Waals surface area (Å²) in [5.74, 6) is 4.98. The predicted octanol–water partition coefficient (Wildman–Crippen LogP) is 0.692. The number of nitrogens with zero attached hydrogens (tertiary/aromatic N) is 1. The van der Waals surface area contributed by atoms with Crippen LogP contribution in [0.3, 0.4) is 0 Å². The number of hydrazine groups is 1. The number of hydrogen-bond acceptors (Lipinski definition) is 4. The minimum absolute atomic E-state index is 0.525. The van der Waals surface area contributed by atoms with Crippen molar-refractivity contribution in [1.29, 1.82) is 0 Å². The molecule has 0 spiro atoms. The van der Waals surface area contributed by atoms with Gasteiger partial charge in [0.05, 0.1) is 19.8 Å². The van der Waals surface area contributed by atoms with Gasteiger partial charge in [-0.25, -0.2) is 5.01 Å². The van der Waals surface area contributed by atoms with E-state index in [0.29, 0.717) is 19.8 Å². The summed E-state index contributed by atoms with van der Waals surface area (Å²) in [5.41, 5.74) is 1.01. The van der Waals surface area contributed by atoms with Gasteiger partial charge in [0.15, 0.2) is 0 Å². The molecule has 15 heavy (non-hydrogen) atoms. The van der Waals surface area contributed by atoms with Gasteiger partial charge in [-0.15, -0.1) is 0 Å². The Hall–Kier alpha value is -0.940. The van der Waals surface area contributed by atoms with Crippen LogP contribution in [-0.2, 0) is 15.3 Å². The van der Waals surface area contributed by atoms with Gasteiger partial charge in [-0.1, -0.05) is 30.3 Å². The van der Waals surface area contributed by atoms with Crippen molar-refractivity contribution in [2.24, 2.45) is 5.84 Å². The number of nitrogens with two attached hydrogens (primary N) is 1. The van der Waals surface area contributed by atoms with Crippen molar-refractivity contribution >= 4 is 0 Å². The van der Waals surface area contributed by atoms with Crippen LogP contribution in [0.15, 0.2) is 30.3 Å². The molecule has 1 saturated heterocycles. The highest BCUT2D eigenvalue weighted by Crippen LogP contribution is 2.31. The second kappa shape index (κ2) is 4.28. The van der Waals surface area contributed by atoms with E-state index in [9.17, 15) is 0 Å². The molecule has 1 aliphatic heterocycles. The molecule has 4 heteroatoms. The molecule has 0 saturated carbocycles. The zero-order chi connectivity index (χ0) is 10.7. The molecule has 0 radical (unpaired) electrons. The molecule has 1 heterocycles. The van der Waals surface area contributed by atoms with E-state index in [1.807, 2.05) is 30.3 Å². The molecule has 2 rings (SSSR count). The topological polar surface area (TPSA) is 47.7 Å². The maximum absolute atomic E-state index is 5.69. The molecule has 0 unspecified atom stereocenters. The van der Waals surface area contributed by atoms with Crippen LogP contribution in [0.5, 0.6) is 0 Å². The normalized spacial score (nSPS) is 19.7. The van der Waals surface area contributed by atoms with Gasteiger partial charge in [0, 0.05) is 12.6 Å². The highest BCUT2D eigenvalue weighted by Gasteiger charge is 2.39. The van der Waals surface area contributed by atoms with Gasteiger partial charge < -0.3 is 9.47 Å². The van der Waals surface area contributed by atoms with Gasteiger partial charge in [0.2, 0.25) is 5.79 Å². The molecule has 0 amide bonds. The van der Waals surface area contributed by atoms with E-state index in [1.54, 1.807) is 12.1 Å². The number of hydrogen-bond donors (Lipinski definition) is 1. The van der Waals surface area contributed by atoms with Gasteiger partial charge in [-0.3, -0.25) is 5.84 Å². The first-order valence-corrected chi connectivity index (χ1v) is 5.02. The largest absolute Gasteiger partial charge is 0.342 e. The van der Waals surface area contributed by atoms with Crippen LogP contribution < -0.4 is 5.84 Å². The summed E-state index contributed by atoms with van der Waals surface area (Å²) < 4.78 is 11.4. The van der Waals surface area contributed by atoms with Crippen molar-refractivity contribution in [1.82, 2.24) is 5.01 Å². The Balaban J connectivity index is 2.26. The zero-order valence-corrected chi connectivity index (χ0v) is 8.85. The molecule has 1 fully saturated rings. The Kier molecular flexibility index (Phi) is 3.02. The van der Waals surface area contributed by atoms with E-state index >= 15 is 0 Å². The number of likely N-dealkylation sites (N-methyl/N-ethyl adjacent to an activating group) is 1. The first-order valence-electron chi connectivity index (χ1n) is 5.02. The molecule has 82 valence electrons. The van der Waals surface area contributed by atoms with E-state index in [4.69, 9.17) is 15.3 Å². The third-order valence-corrected chi connectivity index (χ3v) is 2.42. The molecule has 2 N–H and O–H groups in total. The minimum Gasteiger partial charge on any atom is -0.342 e. The highest BCUT2D eigenvalue weighted by molar-refractivity contribution is 5.21. The van der Waals surface area contributed by atoms with Crippen LogP contribution in [0.4, 0.5) is 0 Å². The maximum Gasteiger partial charge on any atom is 0.209 e. The molecule has 1 aromatic carbocycles. The lowest BCUT2D eigenvalue weighted by molar-refractivity contribution is -0.177. The van der Waals surface area contributed by atoms with Crippen molar-refractivity contribution in [3.05, 3.63) is 35.9 Å². The second-order valence-electron chi connectivity index (χ2n) is 3.73. The van der Waals surface area contributed by atoms with Crippen molar-refractivity contribution < 1.29 is 9.47 Å². The smallest absolute Gasteiger partial charge is 0.209 e. The zero-order valence-electron chi connectivity index (χ0n) is 8.85. The van der Waals surface area contributed by atoms with E-state index in [2.05, 4.69) is 0 Å². The van der Waals surface area contributed by atoms with Crippen molar-refractivity contribution in [3.8, 4) is 0 Å². The van der Waals surface area contributed by atoms with Crippen LogP contribution in [0, 0.1) is 0 Å².